The Labute approximate surface area is 140 Å². The van der Waals surface area contributed by atoms with E-state index in [1.54, 1.807) is 6.92 Å². The van der Waals surface area contributed by atoms with Crippen LogP contribution in [0, 0.1) is 5.41 Å². The van der Waals surface area contributed by atoms with Crippen molar-refractivity contribution in [3.8, 4) is 0 Å². The molecule has 3 rings (SSSR count). The van der Waals surface area contributed by atoms with Crippen LogP contribution in [-0.4, -0.2) is 44.7 Å². The van der Waals surface area contributed by atoms with E-state index in [4.69, 9.17) is 9.47 Å². The predicted octanol–water partition coefficient (Wildman–Crippen LogP) is 2.92. The van der Waals surface area contributed by atoms with Crippen molar-refractivity contribution >= 4 is 28.1 Å². The summed E-state index contributed by atoms with van der Waals surface area (Å²) >= 11 is 1.41. The van der Waals surface area contributed by atoms with Crippen LogP contribution in [0.2, 0.25) is 0 Å². The molecule has 0 aromatic carbocycles. The summed E-state index contributed by atoms with van der Waals surface area (Å²) in [6, 6.07) is 0. The molecule has 0 bridgehead atoms. The van der Waals surface area contributed by atoms with E-state index >= 15 is 0 Å². The molecule has 0 amide bonds. The second-order valence-electron chi connectivity index (χ2n) is 6.85. The Morgan fingerprint density at radius 1 is 1.30 bits per heavy atom. The van der Waals surface area contributed by atoms with Gasteiger partial charge in [-0.3, -0.25) is 4.79 Å². The van der Waals surface area contributed by atoms with E-state index < -0.39 is 0 Å². The first-order valence-corrected chi connectivity index (χ1v) is 8.93. The Kier molecular flexibility index (Phi) is 4.47. The summed E-state index contributed by atoms with van der Waals surface area (Å²) in [7, 11) is 0. The smallest absolute Gasteiger partial charge is 0.348 e. The number of nitrogens with zero attached hydrogens (tertiary/aromatic N) is 1. The third-order valence-corrected chi connectivity index (χ3v) is 5.59. The number of rotatable bonds is 3. The molecule has 0 saturated carbocycles. The number of carbonyl (C=O) groups excluding carboxylic acids is 2. The van der Waals surface area contributed by atoms with Gasteiger partial charge < -0.3 is 14.4 Å². The van der Waals surface area contributed by atoms with Crippen molar-refractivity contribution in [1.82, 2.24) is 0 Å². The molecule has 1 fully saturated rings. The van der Waals surface area contributed by atoms with Gasteiger partial charge >= 0.3 is 5.97 Å². The lowest BCUT2D eigenvalue weighted by molar-refractivity contribution is 0.0530. The summed E-state index contributed by atoms with van der Waals surface area (Å²) in [6.07, 6.45) is 1.26. The number of ketones is 1. The van der Waals surface area contributed by atoms with Gasteiger partial charge in [-0.05, 0) is 24.3 Å². The van der Waals surface area contributed by atoms with E-state index in [9.17, 15) is 9.59 Å². The third kappa shape index (κ3) is 3.15. The second kappa shape index (κ2) is 6.24. The minimum Gasteiger partial charge on any atom is -0.462 e. The first-order chi connectivity index (χ1) is 10.9. The quantitative estimate of drug-likeness (QED) is 0.794. The second-order valence-corrected chi connectivity index (χ2v) is 7.85. The summed E-state index contributed by atoms with van der Waals surface area (Å²) in [6.45, 7) is 9.12. The monoisotopic (exact) mass is 337 g/mol. The lowest BCUT2D eigenvalue weighted by atomic mass is 9.74. The number of thiophene rings is 1. The topological polar surface area (TPSA) is 55.8 Å². The standard InChI is InChI=1S/C17H23NO4S/c1-4-22-16(20)14-11-9-17(2,3)10-12(19)13(11)15(23-14)18-5-7-21-8-6-18/h4-10H2,1-3H3. The average molecular weight is 337 g/mol. The van der Waals surface area contributed by atoms with E-state index in [1.807, 2.05) is 0 Å². The molecule has 0 unspecified atom stereocenters. The maximum atomic E-state index is 12.8. The molecule has 126 valence electrons. The maximum absolute atomic E-state index is 12.8. The largest absolute Gasteiger partial charge is 0.462 e. The highest BCUT2D eigenvalue weighted by Gasteiger charge is 2.39. The number of hydrogen-bond donors (Lipinski definition) is 0. The van der Waals surface area contributed by atoms with Crippen LogP contribution in [0.1, 0.15) is 52.8 Å². The van der Waals surface area contributed by atoms with Crippen LogP contribution >= 0.6 is 11.3 Å². The van der Waals surface area contributed by atoms with Gasteiger partial charge in [-0.15, -0.1) is 11.3 Å². The van der Waals surface area contributed by atoms with E-state index in [0.717, 1.165) is 35.6 Å². The van der Waals surface area contributed by atoms with Crippen LogP contribution in [-0.2, 0) is 15.9 Å². The van der Waals surface area contributed by atoms with Gasteiger partial charge in [-0.25, -0.2) is 4.79 Å². The summed E-state index contributed by atoms with van der Waals surface area (Å²) in [5.41, 5.74) is 1.52. The minimum absolute atomic E-state index is 0.116. The first-order valence-electron chi connectivity index (χ1n) is 8.11. The molecule has 5 nitrogen and oxygen atoms in total. The fourth-order valence-corrected chi connectivity index (χ4v) is 4.61. The van der Waals surface area contributed by atoms with Gasteiger partial charge in [0.2, 0.25) is 0 Å². The maximum Gasteiger partial charge on any atom is 0.348 e. The Morgan fingerprint density at radius 2 is 2.00 bits per heavy atom. The van der Waals surface area contributed by atoms with Crippen LogP contribution in [0.15, 0.2) is 0 Å². The minimum atomic E-state index is -0.307. The van der Waals surface area contributed by atoms with Gasteiger partial charge in [-0.2, -0.15) is 0 Å². The zero-order valence-electron chi connectivity index (χ0n) is 13.9. The lowest BCUT2D eigenvalue weighted by Crippen LogP contribution is -2.37. The summed E-state index contributed by atoms with van der Waals surface area (Å²) in [4.78, 5) is 27.9. The average Bonchev–Trinajstić information content (AvgIpc) is 2.86. The third-order valence-electron chi connectivity index (χ3n) is 4.32. The number of esters is 1. The van der Waals surface area contributed by atoms with Crippen molar-refractivity contribution in [3.63, 3.8) is 0 Å². The highest BCUT2D eigenvalue weighted by atomic mass is 32.1. The normalized spacial score (nSPS) is 20.3. The number of morpholine rings is 1. The van der Waals surface area contributed by atoms with E-state index in [1.165, 1.54) is 11.3 Å². The molecule has 0 N–H and O–H groups in total. The molecule has 2 heterocycles. The number of hydrogen-bond acceptors (Lipinski definition) is 6. The van der Waals surface area contributed by atoms with Crippen molar-refractivity contribution in [2.75, 3.05) is 37.8 Å². The van der Waals surface area contributed by atoms with Crippen LogP contribution in [0.4, 0.5) is 5.00 Å². The van der Waals surface area contributed by atoms with Crippen molar-refractivity contribution in [3.05, 3.63) is 16.0 Å². The van der Waals surface area contributed by atoms with Gasteiger partial charge in [0.25, 0.3) is 0 Å². The van der Waals surface area contributed by atoms with E-state index in [2.05, 4.69) is 18.7 Å². The predicted molar refractivity (Wildman–Crippen MR) is 89.7 cm³/mol. The zero-order chi connectivity index (χ0) is 16.6. The highest BCUT2D eigenvalue weighted by molar-refractivity contribution is 7.18. The Bertz CT molecular complexity index is 629. The van der Waals surface area contributed by atoms with E-state index in [-0.39, 0.29) is 17.2 Å². The molecule has 1 aromatic rings. The van der Waals surface area contributed by atoms with Crippen molar-refractivity contribution < 1.29 is 19.1 Å². The van der Waals surface area contributed by atoms with Gasteiger partial charge in [0, 0.05) is 19.5 Å². The Hall–Kier alpha value is -1.40. The molecule has 1 saturated heterocycles. The van der Waals surface area contributed by atoms with Crippen molar-refractivity contribution in [2.45, 2.75) is 33.6 Å². The highest BCUT2D eigenvalue weighted by Crippen LogP contribution is 2.45. The molecule has 1 aliphatic heterocycles. The Morgan fingerprint density at radius 3 is 2.65 bits per heavy atom. The molecule has 0 spiro atoms. The van der Waals surface area contributed by atoms with Gasteiger partial charge in [0.15, 0.2) is 5.78 Å². The molecule has 2 aliphatic rings. The molecule has 6 heteroatoms. The fraction of sp³-hybridized carbons (Fsp3) is 0.647. The van der Waals surface area contributed by atoms with Crippen LogP contribution in [0.5, 0.6) is 0 Å². The molecule has 23 heavy (non-hydrogen) atoms. The summed E-state index contributed by atoms with van der Waals surface area (Å²) < 4.78 is 10.6. The summed E-state index contributed by atoms with van der Waals surface area (Å²) in [5, 5.41) is 0.923. The molecular formula is C17H23NO4S. The molecule has 0 radical (unpaired) electrons. The molecule has 1 aromatic heterocycles. The van der Waals surface area contributed by atoms with Gasteiger partial charge in [0.1, 0.15) is 9.88 Å². The van der Waals surface area contributed by atoms with Crippen LogP contribution in [0.25, 0.3) is 0 Å². The van der Waals surface area contributed by atoms with Crippen LogP contribution < -0.4 is 4.90 Å². The van der Waals surface area contributed by atoms with Crippen molar-refractivity contribution in [2.24, 2.45) is 5.41 Å². The molecule has 1 aliphatic carbocycles. The summed E-state index contributed by atoms with van der Waals surface area (Å²) in [5.74, 6) is -0.164. The first kappa shape index (κ1) is 16.5. The SMILES string of the molecule is CCOC(=O)c1sc(N2CCOCC2)c2c1CC(C)(C)CC2=O. The zero-order valence-corrected chi connectivity index (χ0v) is 14.8. The number of carbonyl (C=O) groups is 2. The number of anilines is 1. The molecule has 0 atom stereocenters. The number of ether oxygens (including phenoxy) is 2. The lowest BCUT2D eigenvalue weighted by Gasteiger charge is -2.32. The molecular weight excluding hydrogens is 314 g/mol. The van der Waals surface area contributed by atoms with Crippen LogP contribution in [0.3, 0.4) is 0 Å². The van der Waals surface area contributed by atoms with Gasteiger partial charge in [0.05, 0.1) is 25.4 Å². The Balaban J connectivity index is 2.07. The number of Topliss-reactive ketones (excluding diaryl/α,β-unsaturated/α-hetero) is 1. The van der Waals surface area contributed by atoms with Crippen molar-refractivity contribution in [1.29, 1.82) is 0 Å². The fourth-order valence-electron chi connectivity index (χ4n) is 3.32. The van der Waals surface area contributed by atoms with E-state index in [0.29, 0.717) is 31.1 Å². The van der Waals surface area contributed by atoms with Gasteiger partial charge in [-0.1, -0.05) is 13.8 Å². The number of fused-ring (bicyclic) bond motifs is 1.